The van der Waals surface area contributed by atoms with Crippen LogP contribution in [0.5, 0.6) is 5.88 Å². The molecule has 1 aromatic carbocycles. The van der Waals surface area contributed by atoms with Crippen molar-refractivity contribution in [3.05, 3.63) is 47.9 Å². The highest BCUT2D eigenvalue weighted by molar-refractivity contribution is 5.95. The molecule has 0 aliphatic carbocycles. The van der Waals surface area contributed by atoms with Gasteiger partial charge in [-0.3, -0.25) is 9.59 Å². The first-order valence-corrected chi connectivity index (χ1v) is 8.61. The van der Waals surface area contributed by atoms with Crippen LogP contribution in [-0.4, -0.2) is 45.9 Å². The second-order valence-electron chi connectivity index (χ2n) is 6.21. The molecule has 8 heteroatoms. The smallest absolute Gasteiger partial charge is 0.253 e. The third-order valence-electron chi connectivity index (χ3n) is 4.17. The van der Waals surface area contributed by atoms with Gasteiger partial charge in [0, 0.05) is 37.1 Å². The zero-order valence-corrected chi connectivity index (χ0v) is 14.9. The van der Waals surface area contributed by atoms with Crippen LogP contribution in [0.15, 0.2) is 36.7 Å². The summed E-state index contributed by atoms with van der Waals surface area (Å²) in [6, 6.07) is 8.73. The predicted molar refractivity (Wildman–Crippen MR) is 97.0 cm³/mol. The molecule has 1 saturated heterocycles. The normalized spacial score (nSPS) is 16.3. The second-order valence-corrected chi connectivity index (χ2v) is 6.21. The summed E-state index contributed by atoms with van der Waals surface area (Å²) in [6.07, 6.45) is 4.23. The van der Waals surface area contributed by atoms with Gasteiger partial charge in [0.1, 0.15) is 12.2 Å². The van der Waals surface area contributed by atoms with Crippen molar-refractivity contribution in [2.45, 2.75) is 25.9 Å². The van der Waals surface area contributed by atoms with E-state index in [1.54, 1.807) is 29.2 Å². The molecule has 1 aliphatic rings. The van der Waals surface area contributed by atoms with Gasteiger partial charge >= 0.3 is 0 Å². The fourth-order valence-corrected chi connectivity index (χ4v) is 2.95. The highest BCUT2D eigenvalue weighted by atomic mass is 16.5. The number of carbonyl (C=O) groups is 2. The number of likely N-dealkylation sites (tertiary alicyclic amines) is 1. The minimum atomic E-state index is -0.245. The molecule has 2 aromatic rings. The highest BCUT2D eigenvalue weighted by Crippen LogP contribution is 2.20. The molecular formula is C19H19N5O3. The third kappa shape index (κ3) is 4.58. The molecule has 0 spiro atoms. The SMILES string of the molecule is CC(=O)Nc1ccc(C(=O)N2CCCC(Oc3nccnc3C#N)C2)cc1. The van der Waals surface area contributed by atoms with Gasteiger partial charge in [0.2, 0.25) is 11.6 Å². The molecule has 2 amide bonds. The first-order chi connectivity index (χ1) is 13.1. The number of carbonyl (C=O) groups excluding carboxylic acids is 2. The molecule has 138 valence electrons. The van der Waals surface area contributed by atoms with Crippen molar-refractivity contribution in [2.24, 2.45) is 0 Å². The molecule has 1 atom stereocenters. The Morgan fingerprint density at radius 1 is 1.26 bits per heavy atom. The highest BCUT2D eigenvalue weighted by Gasteiger charge is 2.26. The number of nitrogens with zero attached hydrogens (tertiary/aromatic N) is 4. The fourth-order valence-electron chi connectivity index (χ4n) is 2.95. The Bertz CT molecular complexity index is 876. The minimum Gasteiger partial charge on any atom is -0.470 e. The molecule has 8 nitrogen and oxygen atoms in total. The lowest BCUT2D eigenvalue weighted by atomic mass is 10.1. The Labute approximate surface area is 156 Å². The average Bonchev–Trinajstić information content (AvgIpc) is 2.68. The number of rotatable bonds is 4. The van der Waals surface area contributed by atoms with Crippen LogP contribution in [0.2, 0.25) is 0 Å². The Hall–Kier alpha value is -3.47. The van der Waals surface area contributed by atoms with E-state index >= 15 is 0 Å². The minimum absolute atomic E-state index is 0.0997. The first kappa shape index (κ1) is 18.3. The number of aromatic nitrogens is 2. The lowest BCUT2D eigenvalue weighted by molar-refractivity contribution is -0.114. The van der Waals surface area contributed by atoms with Crippen LogP contribution in [-0.2, 0) is 4.79 Å². The quantitative estimate of drug-likeness (QED) is 0.888. The fraction of sp³-hybridized carbons (Fsp3) is 0.316. The summed E-state index contributed by atoms with van der Waals surface area (Å²) in [7, 11) is 0. The number of amides is 2. The third-order valence-corrected chi connectivity index (χ3v) is 4.17. The standard InChI is InChI=1S/C19H19N5O3/c1-13(25)23-15-6-4-14(5-7-15)19(26)24-10-2-3-16(12-24)27-18-17(11-20)21-8-9-22-18/h4-9,16H,2-3,10,12H2,1H3,(H,23,25). The number of hydrogen-bond acceptors (Lipinski definition) is 6. The zero-order valence-electron chi connectivity index (χ0n) is 14.9. The topological polar surface area (TPSA) is 108 Å². The molecule has 27 heavy (non-hydrogen) atoms. The van der Waals surface area contributed by atoms with Crippen LogP contribution in [0.25, 0.3) is 0 Å². The molecule has 1 aromatic heterocycles. The van der Waals surface area contributed by atoms with Gasteiger partial charge in [-0.05, 0) is 37.1 Å². The second kappa shape index (κ2) is 8.27. The van der Waals surface area contributed by atoms with Gasteiger partial charge in [0.05, 0.1) is 6.54 Å². The van der Waals surface area contributed by atoms with E-state index in [-0.39, 0.29) is 29.5 Å². The Balaban J connectivity index is 1.66. The lowest BCUT2D eigenvalue weighted by Crippen LogP contribution is -2.44. The number of nitrogens with one attached hydrogen (secondary N) is 1. The Morgan fingerprint density at radius 3 is 2.70 bits per heavy atom. The molecule has 1 fully saturated rings. The first-order valence-electron chi connectivity index (χ1n) is 8.61. The van der Waals surface area contributed by atoms with Crippen molar-refractivity contribution in [2.75, 3.05) is 18.4 Å². The number of ether oxygens (including phenoxy) is 1. The van der Waals surface area contributed by atoms with Crippen LogP contribution < -0.4 is 10.1 Å². The summed E-state index contributed by atoms with van der Waals surface area (Å²) in [5, 5.41) is 11.8. The number of piperidine rings is 1. The van der Waals surface area contributed by atoms with Crippen LogP contribution in [0.3, 0.4) is 0 Å². The van der Waals surface area contributed by atoms with Gasteiger partial charge in [-0.2, -0.15) is 5.26 Å². The van der Waals surface area contributed by atoms with Crippen molar-refractivity contribution in [1.82, 2.24) is 14.9 Å². The molecule has 0 saturated carbocycles. The summed E-state index contributed by atoms with van der Waals surface area (Å²) < 4.78 is 5.82. The Morgan fingerprint density at radius 2 is 2.00 bits per heavy atom. The lowest BCUT2D eigenvalue weighted by Gasteiger charge is -2.32. The van der Waals surface area contributed by atoms with E-state index in [0.29, 0.717) is 24.3 Å². The molecule has 1 N–H and O–H groups in total. The molecule has 3 rings (SSSR count). The van der Waals surface area contributed by atoms with Crippen molar-refractivity contribution in [3.8, 4) is 11.9 Å². The summed E-state index contributed by atoms with van der Waals surface area (Å²) in [4.78, 5) is 33.6. The molecule has 0 radical (unpaired) electrons. The molecular weight excluding hydrogens is 346 g/mol. The summed E-state index contributed by atoms with van der Waals surface area (Å²) in [5.41, 5.74) is 1.32. The maximum absolute atomic E-state index is 12.8. The molecule has 1 aliphatic heterocycles. The van der Waals surface area contributed by atoms with E-state index in [1.165, 1.54) is 19.3 Å². The van der Waals surface area contributed by atoms with E-state index in [9.17, 15) is 9.59 Å². The van der Waals surface area contributed by atoms with Crippen LogP contribution in [0, 0.1) is 11.3 Å². The van der Waals surface area contributed by atoms with E-state index in [0.717, 1.165) is 12.8 Å². The van der Waals surface area contributed by atoms with Gasteiger partial charge in [-0.1, -0.05) is 0 Å². The van der Waals surface area contributed by atoms with Gasteiger partial charge in [0.15, 0.2) is 0 Å². The van der Waals surface area contributed by atoms with Gasteiger partial charge in [-0.25, -0.2) is 9.97 Å². The van der Waals surface area contributed by atoms with Crippen molar-refractivity contribution < 1.29 is 14.3 Å². The maximum Gasteiger partial charge on any atom is 0.253 e. The zero-order chi connectivity index (χ0) is 19.2. The average molecular weight is 365 g/mol. The predicted octanol–water partition coefficient (Wildman–Crippen LogP) is 1.99. The summed E-state index contributed by atoms with van der Waals surface area (Å²) >= 11 is 0. The maximum atomic E-state index is 12.8. The summed E-state index contributed by atoms with van der Waals surface area (Å²) in [5.74, 6) is -0.0675. The van der Waals surface area contributed by atoms with E-state index in [2.05, 4.69) is 15.3 Å². The number of hydrogen-bond donors (Lipinski definition) is 1. The number of anilines is 1. The largest absolute Gasteiger partial charge is 0.470 e. The van der Waals surface area contributed by atoms with Crippen LogP contribution in [0.4, 0.5) is 5.69 Å². The van der Waals surface area contributed by atoms with Crippen molar-refractivity contribution in [1.29, 1.82) is 5.26 Å². The monoisotopic (exact) mass is 365 g/mol. The van der Waals surface area contributed by atoms with Crippen molar-refractivity contribution >= 4 is 17.5 Å². The van der Waals surface area contributed by atoms with Crippen LogP contribution >= 0.6 is 0 Å². The summed E-state index contributed by atoms with van der Waals surface area (Å²) in [6.45, 7) is 2.48. The molecule has 1 unspecified atom stereocenters. The van der Waals surface area contributed by atoms with E-state index < -0.39 is 0 Å². The van der Waals surface area contributed by atoms with Gasteiger partial charge in [0.25, 0.3) is 11.8 Å². The number of nitriles is 1. The van der Waals surface area contributed by atoms with Gasteiger partial charge < -0.3 is 15.0 Å². The molecule has 0 bridgehead atoms. The van der Waals surface area contributed by atoms with Gasteiger partial charge in [-0.15, -0.1) is 0 Å². The number of benzene rings is 1. The Kier molecular flexibility index (Phi) is 5.61. The van der Waals surface area contributed by atoms with E-state index in [1.807, 2.05) is 6.07 Å². The van der Waals surface area contributed by atoms with Crippen molar-refractivity contribution in [3.63, 3.8) is 0 Å². The van der Waals surface area contributed by atoms with Crippen LogP contribution in [0.1, 0.15) is 35.8 Å². The molecule has 2 heterocycles. The van der Waals surface area contributed by atoms with E-state index in [4.69, 9.17) is 10.00 Å².